The Hall–Kier alpha value is -1.15. The van der Waals surface area contributed by atoms with E-state index in [4.69, 9.17) is 0 Å². The lowest BCUT2D eigenvalue weighted by atomic mass is 9.99. The molecular formula is C16H17ClF4N2S. The highest BCUT2D eigenvalue weighted by Gasteiger charge is 2.34. The molecule has 1 aromatic carbocycles. The minimum absolute atomic E-state index is 0. The number of hydrogen-bond donors (Lipinski definition) is 1. The van der Waals surface area contributed by atoms with Crippen LogP contribution in [0.1, 0.15) is 22.0 Å². The fraction of sp³-hybridized carbons (Fsp3) is 0.375. The molecule has 2 nitrogen and oxygen atoms in total. The lowest BCUT2D eigenvalue weighted by Crippen LogP contribution is -2.45. The van der Waals surface area contributed by atoms with Gasteiger partial charge in [-0.3, -0.25) is 4.90 Å². The summed E-state index contributed by atoms with van der Waals surface area (Å²) in [5, 5.41) is 5.06. The lowest BCUT2D eigenvalue weighted by molar-refractivity contribution is -0.137. The highest BCUT2D eigenvalue weighted by atomic mass is 35.5. The van der Waals surface area contributed by atoms with Gasteiger partial charge in [0.25, 0.3) is 0 Å². The average Bonchev–Trinajstić information content (AvgIpc) is 3.03. The summed E-state index contributed by atoms with van der Waals surface area (Å²) in [7, 11) is 0. The predicted molar refractivity (Wildman–Crippen MR) is 89.3 cm³/mol. The standard InChI is InChI=1S/C16H16F4N2S.ClH/c17-13-4-3-11(16(18,19)20)10-12(13)15(14-2-1-9-23-14)22-7-5-21-6-8-22;/h1-4,9-10,15,21H,5-8H2;1H/t15-;/m1./s1. The van der Waals surface area contributed by atoms with Crippen LogP contribution in [0.2, 0.25) is 0 Å². The van der Waals surface area contributed by atoms with Gasteiger partial charge in [-0.1, -0.05) is 6.07 Å². The van der Waals surface area contributed by atoms with Crippen LogP contribution < -0.4 is 5.32 Å². The molecule has 1 atom stereocenters. The number of hydrogen-bond acceptors (Lipinski definition) is 3. The van der Waals surface area contributed by atoms with Gasteiger partial charge in [-0.05, 0) is 29.6 Å². The molecule has 1 N–H and O–H groups in total. The maximum Gasteiger partial charge on any atom is 0.416 e. The molecule has 3 rings (SSSR count). The summed E-state index contributed by atoms with van der Waals surface area (Å²) >= 11 is 1.43. The first-order valence-electron chi connectivity index (χ1n) is 7.31. The number of piperazine rings is 1. The predicted octanol–water partition coefficient (Wildman–Crippen LogP) is 4.32. The van der Waals surface area contributed by atoms with Crippen molar-refractivity contribution in [2.24, 2.45) is 0 Å². The molecule has 2 aromatic rings. The van der Waals surface area contributed by atoms with Gasteiger partial charge in [0.05, 0.1) is 11.6 Å². The van der Waals surface area contributed by atoms with Crippen molar-refractivity contribution in [2.75, 3.05) is 26.2 Å². The Bertz CT molecular complexity index is 655. The van der Waals surface area contributed by atoms with E-state index in [2.05, 4.69) is 5.32 Å². The number of nitrogens with zero attached hydrogens (tertiary/aromatic N) is 1. The van der Waals surface area contributed by atoms with Crippen LogP contribution >= 0.6 is 23.7 Å². The lowest BCUT2D eigenvalue weighted by Gasteiger charge is -2.35. The summed E-state index contributed by atoms with van der Waals surface area (Å²) in [6, 6.07) is 5.85. The second kappa shape index (κ2) is 7.82. The Kier molecular flexibility index (Phi) is 6.25. The largest absolute Gasteiger partial charge is 0.416 e. The molecule has 0 amide bonds. The minimum atomic E-state index is -4.48. The molecule has 1 aromatic heterocycles. The SMILES string of the molecule is Cl.Fc1ccc(C(F)(F)F)cc1[C@H](c1cccs1)N1CCNCC1. The van der Waals surface area contributed by atoms with Crippen LogP contribution in [0.5, 0.6) is 0 Å². The van der Waals surface area contributed by atoms with Gasteiger partial charge < -0.3 is 5.32 Å². The summed E-state index contributed by atoms with van der Waals surface area (Å²) in [5.41, 5.74) is -0.727. The molecule has 8 heteroatoms. The van der Waals surface area contributed by atoms with Gasteiger partial charge in [-0.25, -0.2) is 4.39 Å². The first-order valence-corrected chi connectivity index (χ1v) is 8.19. The molecule has 132 valence electrons. The van der Waals surface area contributed by atoms with E-state index >= 15 is 0 Å². The monoisotopic (exact) mass is 380 g/mol. The van der Waals surface area contributed by atoms with Crippen LogP contribution in [0, 0.1) is 5.82 Å². The minimum Gasteiger partial charge on any atom is -0.314 e. The van der Waals surface area contributed by atoms with Crippen molar-refractivity contribution in [1.29, 1.82) is 0 Å². The Morgan fingerprint density at radius 1 is 1.12 bits per heavy atom. The summed E-state index contributed by atoms with van der Waals surface area (Å²) < 4.78 is 53.4. The van der Waals surface area contributed by atoms with Crippen molar-refractivity contribution >= 4 is 23.7 Å². The molecule has 1 aliphatic rings. The summed E-state index contributed by atoms with van der Waals surface area (Å²) in [6.07, 6.45) is -4.48. The molecule has 0 bridgehead atoms. The van der Waals surface area contributed by atoms with Gasteiger partial charge in [-0.2, -0.15) is 13.2 Å². The van der Waals surface area contributed by atoms with E-state index in [1.54, 1.807) is 0 Å². The van der Waals surface area contributed by atoms with Gasteiger partial charge in [0.2, 0.25) is 0 Å². The topological polar surface area (TPSA) is 15.3 Å². The Labute approximate surface area is 147 Å². The van der Waals surface area contributed by atoms with Crippen LogP contribution in [0.4, 0.5) is 17.6 Å². The van der Waals surface area contributed by atoms with Crippen molar-refractivity contribution in [3.8, 4) is 0 Å². The number of halogens is 5. The van der Waals surface area contributed by atoms with Gasteiger partial charge >= 0.3 is 6.18 Å². The van der Waals surface area contributed by atoms with Crippen LogP contribution in [0.3, 0.4) is 0 Å². The molecule has 0 aliphatic carbocycles. The Morgan fingerprint density at radius 2 is 1.83 bits per heavy atom. The zero-order valence-electron chi connectivity index (χ0n) is 12.6. The summed E-state index contributed by atoms with van der Waals surface area (Å²) in [4.78, 5) is 2.88. The molecule has 2 heterocycles. The van der Waals surface area contributed by atoms with E-state index in [9.17, 15) is 17.6 Å². The van der Waals surface area contributed by atoms with E-state index in [0.29, 0.717) is 13.1 Å². The molecule has 24 heavy (non-hydrogen) atoms. The second-order valence-corrected chi connectivity index (χ2v) is 6.42. The maximum atomic E-state index is 14.3. The van der Waals surface area contributed by atoms with E-state index in [-0.39, 0.29) is 18.0 Å². The van der Waals surface area contributed by atoms with E-state index in [0.717, 1.165) is 36.2 Å². The fourth-order valence-electron chi connectivity index (χ4n) is 2.85. The van der Waals surface area contributed by atoms with Gasteiger partial charge in [0.15, 0.2) is 0 Å². The molecule has 0 spiro atoms. The molecule has 0 saturated carbocycles. The maximum absolute atomic E-state index is 14.3. The number of rotatable bonds is 3. The highest BCUT2D eigenvalue weighted by molar-refractivity contribution is 7.10. The van der Waals surface area contributed by atoms with Gasteiger partial charge in [-0.15, -0.1) is 23.7 Å². The Morgan fingerprint density at radius 3 is 2.42 bits per heavy atom. The van der Waals surface area contributed by atoms with Crippen LogP contribution in [-0.4, -0.2) is 31.1 Å². The zero-order chi connectivity index (χ0) is 16.4. The van der Waals surface area contributed by atoms with Gasteiger partial charge in [0, 0.05) is 36.6 Å². The fourth-order valence-corrected chi connectivity index (χ4v) is 3.72. The van der Waals surface area contributed by atoms with Crippen molar-refractivity contribution < 1.29 is 17.6 Å². The van der Waals surface area contributed by atoms with Gasteiger partial charge in [0.1, 0.15) is 5.82 Å². The first-order chi connectivity index (χ1) is 11.0. The smallest absolute Gasteiger partial charge is 0.314 e. The third kappa shape index (κ3) is 4.08. The molecule has 1 saturated heterocycles. The number of nitrogens with one attached hydrogen (secondary N) is 1. The van der Waals surface area contributed by atoms with E-state index in [1.807, 2.05) is 22.4 Å². The number of thiophene rings is 1. The number of alkyl halides is 3. The van der Waals surface area contributed by atoms with Crippen LogP contribution in [0.25, 0.3) is 0 Å². The third-order valence-corrected chi connectivity index (χ3v) is 4.87. The van der Waals surface area contributed by atoms with Crippen molar-refractivity contribution in [3.05, 3.63) is 57.5 Å². The molecule has 1 aliphatic heterocycles. The number of benzene rings is 1. The summed E-state index contributed by atoms with van der Waals surface area (Å²) in [6.45, 7) is 2.81. The highest BCUT2D eigenvalue weighted by Crippen LogP contribution is 2.37. The Balaban J connectivity index is 0.00000208. The molecule has 1 fully saturated rings. The summed E-state index contributed by atoms with van der Waals surface area (Å²) in [5.74, 6) is -0.602. The first kappa shape index (κ1) is 19.2. The van der Waals surface area contributed by atoms with Crippen LogP contribution in [0.15, 0.2) is 35.7 Å². The van der Waals surface area contributed by atoms with Crippen molar-refractivity contribution in [1.82, 2.24) is 10.2 Å². The van der Waals surface area contributed by atoms with E-state index < -0.39 is 23.6 Å². The second-order valence-electron chi connectivity index (χ2n) is 5.44. The average molecular weight is 381 g/mol. The normalized spacial score (nSPS) is 17.3. The molecule has 0 radical (unpaired) electrons. The molecule has 0 unspecified atom stereocenters. The van der Waals surface area contributed by atoms with Crippen molar-refractivity contribution in [3.63, 3.8) is 0 Å². The third-order valence-electron chi connectivity index (χ3n) is 3.95. The van der Waals surface area contributed by atoms with Crippen molar-refractivity contribution in [2.45, 2.75) is 12.2 Å². The van der Waals surface area contributed by atoms with E-state index in [1.165, 1.54) is 11.3 Å². The van der Waals surface area contributed by atoms with Crippen LogP contribution in [-0.2, 0) is 6.18 Å². The molecular weight excluding hydrogens is 364 g/mol. The quantitative estimate of drug-likeness (QED) is 0.798. The zero-order valence-corrected chi connectivity index (χ0v) is 14.3.